The summed E-state index contributed by atoms with van der Waals surface area (Å²) in [5.74, 6) is -1.19. The maximum atomic E-state index is 12.4. The standard InChI is InChI=1S/C15H17ClN4O4S/c1-18(2)25(23,24)19-8-7-13-12(9-19)14(15(21)22)17-20(13)11-5-3-10(16)4-6-11/h3-6H,7-9H2,1-2H3,(H,21,22). The lowest BCUT2D eigenvalue weighted by Gasteiger charge is -2.29. The molecule has 1 aliphatic heterocycles. The molecule has 134 valence electrons. The number of carboxylic acid groups (broad SMARTS) is 1. The molecule has 3 rings (SSSR count). The topological polar surface area (TPSA) is 95.7 Å². The van der Waals surface area contributed by atoms with Gasteiger partial charge in [0.25, 0.3) is 10.2 Å². The number of rotatable bonds is 4. The Morgan fingerprint density at radius 2 is 1.92 bits per heavy atom. The first-order valence-electron chi connectivity index (χ1n) is 7.49. The van der Waals surface area contributed by atoms with Crippen molar-refractivity contribution >= 4 is 27.8 Å². The molecule has 8 nitrogen and oxygen atoms in total. The first-order chi connectivity index (χ1) is 11.7. The van der Waals surface area contributed by atoms with Crippen LogP contribution in [0.3, 0.4) is 0 Å². The lowest BCUT2D eigenvalue weighted by atomic mass is 10.1. The van der Waals surface area contributed by atoms with Crippen LogP contribution in [0.4, 0.5) is 0 Å². The summed E-state index contributed by atoms with van der Waals surface area (Å²) in [4.78, 5) is 11.6. The fraction of sp³-hybridized carbons (Fsp3) is 0.333. The quantitative estimate of drug-likeness (QED) is 0.859. The maximum absolute atomic E-state index is 12.4. The second-order valence-corrected chi connectivity index (χ2v) is 8.42. The van der Waals surface area contributed by atoms with E-state index in [-0.39, 0.29) is 18.8 Å². The van der Waals surface area contributed by atoms with Crippen LogP contribution in [0.5, 0.6) is 0 Å². The molecule has 0 fully saturated rings. The largest absolute Gasteiger partial charge is 0.476 e. The van der Waals surface area contributed by atoms with Gasteiger partial charge in [0, 0.05) is 44.2 Å². The predicted molar refractivity (Wildman–Crippen MR) is 92.3 cm³/mol. The van der Waals surface area contributed by atoms with Crippen molar-refractivity contribution in [1.29, 1.82) is 0 Å². The molecule has 0 unspecified atom stereocenters. The molecule has 1 aliphatic rings. The Hall–Kier alpha value is -1.94. The lowest BCUT2D eigenvalue weighted by Crippen LogP contribution is -2.43. The highest BCUT2D eigenvalue weighted by Gasteiger charge is 2.34. The number of aromatic carboxylic acids is 1. The molecule has 0 atom stereocenters. The summed E-state index contributed by atoms with van der Waals surface area (Å²) in [6.07, 6.45) is 0.366. The van der Waals surface area contributed by atoms with Gasteiger partial charge in [-0.15, -0.1) is 0 Å². The average Bonchev–Trinajstić information content (AvgIpc) is 2.94. The molecular weight excluding hydrogens is 368 g/mol. The Bertz CT molecular complexity index is 922. The minimum absolute atomic E-state index is 0.0227. The van der Waals surface area contributed by atoms with Gasteiger partial charge in [0.1, 0.15) is 0 Å². The van der Waals surface area contributed by atoms with Gasteiger partial charge in [0.15, 0.2) is 5.69 Å². The van der Waals surface area contributed by atoms with Crippen molar-refractivity contribution in [3.05, 3.63) is 46.2 Å². The van der Waals surface area contributed by atoms with Crippen molar-refractivity contribution < 1.29 is 18.3 Å². The molecule has 0 aliphatic carbocycles. The fourth-order valence-electron chi connectivity index (χ4n) is 2.79. The number of carboxylic acids is 1. The Morgan fingerprint density at radius 1 is 1.28 bits per heavy atom. The Morgan fingerprint density at radius 3 is 2.48 bits per heavy atom. The summed E-state index contributed by atoms with van der Waals surface area (Å²) in [5, 5.41) is 14.2. The van der Waals surface area contributed by atoms with Crippen molar-refractivity contribution in [2.75, 3.05) is 20.6 Å². The van der Waals surface area contributed by atoms with Gasteiger partial charge in [0.05, 0.1) is 11.4 Å². The molecule has 0 radical (unpaired) electrons. The molecule has 10 heteroatoms. The molecule has 0 saturated carbocycles. The monoisotopic (exact) mass is 384 g/mol. The average molecular weight is 385 g/mol. The zero-order valence-electron chi connectivity index (χ0n) is 13.7. The van der Waals surface area contributed by atoms with Crippen molar-refractivity contribution in [3.63, 3.8) is 0 Å². The molecule has 0 amide bonds. The minimum Gasteiger partial charge on any atom is -0.476 e. The van der Waals surface area contributed by atoms with E-state index in [1.54, 1.807) is 28.9 Å². The third-order valence-corrected chi connectivity index (χ3v) is 6.22. The van der Waals surface area contributed by atoms with Gasteiger partial charge in [-0.25, -0.2) is 9.48 Å². The summed E-state index contributed by atoms with van der Waals surface area (Å²) in [6, 6.07) is 6.86. The number of nitrogens with zero attached hydrogens (tertiary/aromatic N) is 4. The number of halogens is 1. The molecule has 1 aromatic carbocycles. The van der Waals surface area contributed by atoms with Crippen LogP contribution in [0.2, 0.25) is 5.02 Å². The van der Waals surface area contributed by atoms with Crippen LogP contribution in [0, 0.1) is 0 Å². The Labute approximate surface area is 150 Å². The molecule has 2 heterocycles. The number of benzene rings is 1. The summed E-state index contributed by atoms with van der Waals surface area (Å²) in [5.41, 5.74) is 1.66. The number of aromatic nitrogens is 2. The SMILES string of the molecule is CN(C)S(=O)(=O)N1CCc2c(c(C(=O)O)nn2-c2ccc(Cl)cc2)C1. The molecule has 0 saturated heterocycles. The third-order valence-electron chi connectivity index (χ3n) is 4.08. The fourth-order valence-corrected chi connectivity index (χ4v) is 3.99. The van der Waals surface area contributed by atoms with Crippen molar-refractivity contribution in [1.82, 2.24) is 18.4 Å². The van der Waals surface area contributed by atoms with E-state index in [1.807, 2.05) is 0 Å². The number of fused-ring (bicyclic) bond motifs is 1. The van der Waals surface area contributed by atoms with Gasteiger partial charge < -0.3 is 5.11 Å². The summed E-state index contributed by atoms with van der Waals surface area (Å²) in [6.45, 7) is 0.233. The van der Waals surface area contributed by atoms with E-state index in [2.05, 4.69) is 5.10 Å². The zero-order chi connectivity index (χ0) is 18.4. The number of hydrogen-bond acceptors (Lipinski definition) is 4. The Kier molecular flexibility index (Phi) is 4.58. The highest BCUT2D eigenvalue weighted by atomic mass is 35.5. The summed E-state index contributed by atoms with van der Waals surface area (Å²) < 4.78 is 28.6. The first kappa shape index (κ1) is 17.9. The Balaban J connectivity index is 2.08. The van der Waals surface area contributed by atoms with Crippen LogP contribution in [0.25, 0.3) is 5.69 Å². The molecule has 1 aromatic heterocycles. The maximum Gasteiger partial charge on any atom is 0.356 e. The van der Waals surface area contributed by atoms with Gasteiger partial charge in [-0.05, 0) is 24.3 Å². The second-order valence-electron chi connectivity index (χ2n) is 5.84. The van der Waals surface area contributed by atoms with Crippen LogP contribution in [0.15, 0.2) is 24.3 Å². The van der Waals surface area contributed by atoms with E-state index in [9.17, 15) is 18.3 Å². The predicted octanol–water partition coefficient (Wildman–Crippen LogP) is 1.39. The van der Waals surface area contributed by atoms with Crippen LogP contribution < -0.4 is 0 Å². The van der Waals surface area contributed by atoms with Gasteiger partial charge in [-0.3, -0.25) is 0 Å². The van der Waals surface area contributed by atoms with E-state index >= 15 is 0 Å². The molecule has 2 aromatic rings. The van der Waals surface area contributed by atoms with Crippen molar-refractivity contribution in [3.8, 4) is 5.69 Å². The summed E-state index contributed by atoms with van der Waals surface area (Å²) in [7, 11) is -0.738. The lowest BCUT2D eigenvalue weighted by molar-refractivity contribution is 0.0688. The van der Waals surface area contributed by atoms with E-state index in [0.29, 0.717) is 28.4 Å². The van der Waals surface area contributed by atoms with Crippen LogP contribution >= 0.6 is 11.6 Å². The van der Waals surface area contributed by atoms with E-state index in [0.717, 1.165) is 4.31 Å². The van der Waals surface area contributed by atoms with E-state index < -0.39 is 16.2 Å². The third kappa shape index (κ3) is 3.15. The highest BCUT2D eigenvalue weighted by molar-refractivity contribution is 7.86. The van der Waals surface area contributed by atoms with Crippen molar-refractivity contribution in [2.24, 2.45) is 0 Å². The van der Waals surface area contributed by atoms with Crippen LogP contribution in [-0.2, 0) is 23.2 Å². The number of hydrogen-bond donors (Lipinski definition) is 1. The van der Waals surface area contributed by atoms with Crippen LogP contribution in [-0.4, -0.2) is 58.5 Å². The number of carbonyl (C=O) groups is 1. The van der Waals surface area contributed by atoms with Crippen LogP contribution in [0.1, 0.15) is 21.7 Å². The molecule has 25 heavy (non-hydrogen) atoms. The molecule has 0 bridgehead atoms. The normalized spacial score (nSPS) is 15.4. The second kappa shape index (κ2) is 6.41. The van der Waals surface area contributed by atoms with Gasteiger partial charge >= 0.3 is 5.97 Å². The van der Waals surface area contributed by atoms with E-state index in [1.165, 1.54) is 18.4 Å². The first-order valence-corrected chi connectivity index (χ1v) is 9.27. The minimum atomic E-state index is -3.63. The molecule has 1 N–H and O–H groups in total. The molecular formula is C15H17ClN4O4S. The van der Waals surface area contributed by atoms with Crippen molar-refractivity contribution in [2.45, 2.75) is 13.0 Å². The highest BCUT2D eigenvalue weighted by Crippen LogP contribution is 2.27. The van der Waals surface area contributed by atoms with Gasteiger partial charge in [-0.2, -0.15) is 22.1 Å². The molecule has 0 spiro atoms. The summed E-state index contributed by atoms with van der Waals surface area (Å²) >= 11 is 5.90. The van der Waals surface area contributed by atoms with Gasteiger partial charge in [0.2, 0.25) is 0 Å². The zero-order valence-corrected chi connectivity index (χ0v) is 15.3. The van der Waals surface area contributed by atoms with Gasteiger partial charge in [-0.1, -0.05) is 11.6 Å². The smallest absolute Gasteiger partial charge is 0.356 e. The van der Waals surface area contributed by atoms with E-state index in [4.69, 9.17) is 11.6 Å².